The highest BCUT2D eigenvalue weighted by atomic mass is 16.5. The number of fused-ring (bicyclic) bond motifs is 1. The lowest BCUT2D eigenvalue weighted by Gasteiger charge is -2.03. The topological polar surface area (TPSA) is 43.6 Å². The molecule has 0 spiro atoms. The van der Waals surface area contributed by atoms with Gasteiger partial charge in [-0.3, -0.25) is 4.40 Å². The van der Waals surface area contributed by atoms with E-state index in [2.05, 4.69) is 4.98 Å². The second-order valence-electron chi connectivity index (χ2n) is 3.46. The number of aromatic nitrogens is 2. The fraction of sp³-hybridized carbons (Fsp3) is 0.273. The molecule has 0 saturated heterocycles. The Balaban J connectivity index is 2.62. The Kier molecular flexibility index (Phi) is 2.68. The van der Waals surface area contributed by atoms with Crippen molar-refractivity contribution in [1.29, 1.82) is 0 Å². The molecule has 0 aromatic carbocycles. The van der Waals surface area contributed by atoms with E-state index in [0.717, 1.165) is 0 Å². The number of imidazole rings is 1. The zero-order valence-electron chi connectivity index (χ0n) is 9.23. The normalized spacial score (nSPS) is 10.6. The minimum atomic E-state index is -0.377. The van der Waals surface area contributed by atoms with Gasteiger partial charge in [-0.15, -0.1) is 0 Å². The van der Waals surface area contributed by atoms with Crippen molar-refractivity contribution >= 4 is 24.9 Å². The first-order valence-corrected chi connectivity index (χ1v) is 5.04. The summed E-state index contributed by atoms with van der Waals surface area (Å²) in [6.45, 7) is 3.88. The molecule has 5 heteroatoms. The Morgan fingerprint density at radius 3 is 3.00 bits per heavy atom. The highest BCUT2D eigenvalue weighted by Crippen LogP contribution is 2.12. The van der Waals surface area contributed by atoms with Crippen LogP contribution in [0, 0.1) is 6.92 Å². The fourth-order valence-electron chi connectivity index (χ4n) is 1.62. The van der Waals surface area contributed by atoms with Crippen molar-refractivity contribution in [1.82, 2.24) is 9.38 Å². The van der Waals surface area contributed by atoms with Gasteiger partial charge in [-0.25, -0.2) is 9.78 Å². The number of rotatable bonds is 2. The molecule has 0 atom stereocenters. The highest BCUT2D eigenvalue weighted by Gasteiger charge is 2.17. The number of esters is 1. The van der Waals surface area contributed by atoms with Crippen LogP contribution >= 0.6 is 0 Å². The molecule has 80 valence electrons. The lowest BCUT2D eigenvalue weighted by Crippen LogP contribution is -2.12. The summed E-state index contributed by atoms with van der Waals surface area (Å²) in [7, 11) is 5.68. The lowest BCUT2D eigenvalue weighted by molar-refractivity contribution is 0.0517. The molecule has 2 aromatic rings. The minimum absolute atomic E-state index is 0.341. The van der Waals surface area contributed by atoms with Crippen LogP contribution in [0.4, 0.5) is 0 Å². The van der Waals surface area contributed by atoms with Crippen molar-refractivity contribution in [2.45, 2.75) is 13.8 Å². The standard InChI is InChI=1S/C11H11BN2O2/c1-3-16-11(15)10-7(2)13-9-5-4-8(12)6-14(9)10/h4-6H,3H2,1-2H3. The SMILES string of the molecule is [B]c1ccc2nc(C)c(C(=O)OCC)n2c1. The summed E-state index contributed by atoms with van der Waals surface area (Å²) in [5.74, 6) is -0.377. The van der Waals surface area contributed by atoms with E-state index in [1.54, 1.807) is 36.6 Å². The molecule has 0 amide bonds. The van der Waals surface area contributed by atoms with E-state index in [1.807, 2.05) is 0 Å². The predicted molar refractivity (Wildman–Crippen MR) is 61.3 cm³/mol. The number of hydrogen-bond acceptors (Lipinski definition) is 3. The van der Waals surface area contributed by atoms with Crippen LogP contribution < -0.4 is 5.46 Å². The molecule has 2 rings (SSSR count). The third kappa shape index (κ3) is 1.69. The Morgan fingerprint density at radius 1 is 1.56 bits per heavy atom. The molecule has 0 aliphatic rings. The van der Waals surface area contributed by atoms with Crippen LogP contribution in [-0.4, -0.2) is 29.8 Å². The van der Waals surface area contributed by atoms with Crippen molar-refractivity contribution in [3.05, 3.63) is 29.7 Å². The molecule has 0 N–H and O–H groups in total. The molecule has 0 bridgehead atoms. The molecule has 2 heterocycles. The summed E-state index contributed by atoms with van der Waals surface area (Å²) in [5, 5.41) is 0. The maximum Gasteiger partial charge on any atom is 0.357 e. The monoisotopic (exact) mass is 214 g/mol. The van der Waals surface area contributed by atoms with Gasteiger partial charge in [-0.1, -0.05) is 11.5 Å². The Morgan fingerprint density at radius 2 is 2.31 bits per heavy atom. The number of aryl methyl sites for hydroxylation is 1. The first-order valence-electron chi connectivity index (χ1n) is 5.04. The predicted octanol–water partition coefficient (Wildman–Crippen LogP) is 0.613. The second kappa shape index (κ2) is 4.00. The molecule has 0 unspecified atom stereocenters. The summed E-state index contributed by atoms with van der Waals surface area (Å²) in [6, 6.07) is 3.52. The third-order valence-corrected chi connectivity index (χ3v) is 2.28. The quantitative estimate of drug-likeness (QED) is 0.543. The molecule has 0 aliphatic carbocycles. The Bertz CT molecular complexity index is 548. The lowest BCUT2D eigenvalue weighted by atomic mass is 9.99. The highest BCUT2D eigenvalue weighted by molar-refractivity contribution is 6.32. The summed E-state index contributed by atoms with van der Waals surface area (Å²) in [5.41, 5.74) is 2.35. The van der Waals surface area contributed by atoms with Gasteiger partial charge in [-0.2, -0.15) is 0 Å². The number of hydrogen-bond donors (Lipinski definition) is 0. The van der Waals surface area contributed by atoms with Gasteiger partial charge in [-0.05, 0) is 19.9 Å². The first kappa shape index (κ1) is 10.7. The van der Waals surface area contributed by atoms with E-state index in [0.29, 0.717) is 29.1 Å². The van der Waals surface area contributed by atoms with Gasteiger partial charge in [0.05, 0.1) is 12.3 Å². The molecule has 0 aliphatic heterocycles. The first-order chi connectivity index (χ1) is 7.63. The summed E-state index contributed by atoms with van der Waals surface area (Å²) in [4.78, 5) is 16.0. The fourth-order valence-corrected chi connectivity index (χ4v) is 1.62. The van der Waals surface area contributed by atoms with Gasteiger partial charge < -0.3 is 4.74 Å². The third-order valence-electron chi connectivity index (χ3n) is 2.28. The number of carbonyl (C=O) groups excluding carboxylic acids is 1. The number of carbonyl (C=O) groups is 1. The zero-order chi connectivity index (χ0) is 11.7. The van der Waals surface area contributed by atoms with Crippen LogP contribution in [0.25, 0.3) is 5.65 Å². The van der Waals surface area contributed by atoms with Crippen molar-refractivity contribution in [2.24, 2.45) is 0 Å². The maximum absolute atomic E-state index is 11.7. The van der Waals surface area contributed by atoms with E-state index in [1.165, 1.54) is 0 Å². The largest absolute Gasteiger partial charge is 0.461 e. The van der Waals surface area contributed by atoms with Crippen LogP contribution in [0.5, 0.6) is 0 Å². The van der Waals surface area contributed by atoms with Crippen LogP contribution in [0.2, 0.25) is 0 Å². The van der Waals surface area contributed by atoms with Gasteiger partial charge in [0.25, 0.3) is 0 Å². The number of ether oxygens (including phenoxy) is 1. The minimum Gasteiger partial charge on any atom is -0.461 e. The van der Waals surface area contributed by atoms with E-state index >= 15 is 0 Å². The molecule has 16 heavy (non-hydrogen) atoms. The van der Waals surface area contributed by atoms with Gasteiger partial charge in [0, 0.05) is 6.20 Å². The van der Waals surface area contributed by atoms with Crippen molar-refractivity contribution in [3.63, 3.8) is 0 Å². The van der Waals surface area contributed by atoms with E-state index in [9.17, 15) is 4.79 Å². The maximum atomic E-state index is 11.7. The molecule has 4 nitrogen and oxygen atoms in total. The van der Waals surface area contributed by atoms with Crippen molar-refractivity contribution < 1.29 is 9.53 Å². The summed E-state index contributed by atoms with van der Waals surface area (Å²) >= 11 is 0. The molecule has 0 saturated carbocycles. The van der Waals surface area contributed by atoms with Gasteiger partial charge >= 0.3 is 5.97 Å². The second-order valence-corrected chi connectivity index (χ2v) is 3.46. The Labute approximate surface area is 94.7 Å². The van der Waals surface area contributed by atoms with E-state index in [-0.39, 0.29) is 5.97 Å². The molecule has 0 fully saturated rings. The molecule has 2 aromatic heterocycles. The van der Waals surface area contributed by atoms with Crippen LogP contribution in [0.1, 0.15) is 23.1 Å². The average molecular weight is 214 g/mol. The summed E-state index contributed by atoms with van der Waals surface area (Å²) < 4.78 is 6.63. The van der Waals surface area contributed by atoms with E-state index in [4.69, 9.17) is 12.6 Å². The number of nitrogens with zero attached hydrogens (tertiary/aromatic N) is 2. The Hall–Kier alpha value is -1.78. The molecular formula is C11H11BN2O2. The zero-order valence-corrected chi connectivity index (χ0v) is 9.23. The van der Waals surface area contributed by atoms with Crippen LogP contribution in [-0.2, 0) is 4.74 Å². The van der Waals surface area contributed by atoms with Gasteiger partial charge in [0.15, 0.2) is 5.69 Å². The molecular weight excluding hydrogens is 203 g/mol. The van der Waals surface area contributed by atoms with Gasteiger partial charge in [0.1, 0.15) is 13.5 Å². The van der Waals surface area contributed by atoms with E-state index < -0.39 is 0 Å². The summed E-state index contributed by atoms with van der Waals surface area (Å²) in [6.07, 6.45) is 1.67. The van der Waals surface area contributed by atoms with Gasteiger partial charge in [0.2, 0.25) is 0 Å². The van der Waals surface area contributed by atoms with Crippen molar-refractivity contribution in [2.75, 3.05) is 6.61 Å². The average Bonchev–Trinajstić information content (AvgIpc) is 2.53. The number of pyridine rings is 1. The van der Waals surface area contributed by atoms with Crippen LogP contribution in [0.3, 0.4) is 0 Å². The van der Waals surface area contributed by atoms with Crippen LogP contribution in [0.15, 0.2) is 18.3 Å². The molecule has 2 radical (unpaired) electrons. The van der Waals surface area contributed by atoms with Crippen molar-refractivity contribution in [3.8, 4) is 0 Å². The smallest absolute Gasteiger partial charge is 0.357 e.